The third-order valence-electron chi connectivity index (χ3n) is 6.20. The van der Waals surface area contributed by atoms with Crippen LogP contribution in [0.25, 0.3) is 0 Å². The van der Waals surface area contributed by atoms with Gasteiger partial charge in [-0.1, -0.05) is 13.8 Å². The second kappa shape index (κ2) is 13.2. The number of carbonyl (C=O) groups excluding carboxylic acids is 4. The van der Waals surface area contributed by atoms with Crippen LogP contribution in [0.4, 0.5) is 11.4 Å². The van der Waals surface area contributed by atoms with Crippen LogP contribution in [0.15, 0.2) is 72.8 Å². The Morgan fingerprint density at radius 3 is 1.05 bits per heavy atom. The summed E-state index contributed by atoms with van der Waals surface area (Å²) in [7, 11) is 0. The SMILES string of the molecule is CCC(C)NC(=O)c1ccc(NC(=O)c2ccc(C(=O)Nc3ccc(C(=O)NC(C)CC)cc3)cc2)cc1. The van der Waals surface area contributed by atoms with Crippen molar-refractivity contribution in [3.63, 3.8) is 0 Å². The molecule has 0 spiro atoms. The minimum absolute atomic E-state index is 0.0834. The molecule has 3 aromatic carbocycles. The van der Waals surface area contributed by atoms with Crippen molar-refractivity contribution < 1.29 is 19.2 Å². The predicted octanol–water partition coefficient (Wildman–Crippen LogP) is 5.25. The number of nitrogens with one attached hydrogen (secondary N) is 4. The third kappa shape index (κ3) is 7.77. The van der Waals surface area contributed by atoms with Gasteiger partial charge in [0.25, 0.3) is 23.6 Å². The number of anilines is 2. The second-order valence-corrected chi connectivity index (χ2v) is 9.21. The highest BCUT2D eigenvalue weighted by Gasteiger charge is 2.13. The molecule has 4 amide bonds. The predicted molar refractivity (Wildman–Crippen MR) is 150 cm³/mol. The van der Waals surface area contributed by atoms with E-state index in [4.69, 9.17) is 0 Å². The van der Waals surface area contributed by atoms with Crippen molar-refractivity contribution in [3.05, 3.63) is 95.1 Å². The maximum atomic E-state index is 12.6. The highest BCUT2D eigenvalue weighted by Crippen LogP contribution is 2.15. The van der Waals surface area contributed by atoms with Gasteiger partial charge in [0.2, 0.25) is 0 Å². The molecule has 0 aliphatic rings. The average Bonchev–Trinajstić information content (AvgIpc) is 2.93. The molecular formula is C30H34N4O4. The van der Waals surface area contributed by atoms with E-state index >= 15 is 0 Å². The van der Waals surface area contributed by atoms with Crippen LogP contribution in [-0.2, 0) is 0 Å². The first-order chi connectivity index (χ1) is 18.2. The number of benzene rings is 3. The zero-order chi connectivity index (χ0) is 27.7. The van der Waals surface area contributed by atoms with Crippen molar-refractivity contribution in [1.82, 2.24) is 10.6 Å². The third-order valence-corrected chi connectivity index (χ3v) is 6.20. The van der Waals surface area contributed by atoms with Gasteiger partial charge in [0.05, 0.1) is 0 Å². The molecule has 198 valence electrons. The first-order valence-electron chi connectivity index (χ1n) is 12.7. The van der Waals surface area contributed by atoms with Gasteiger partial charge in [-0.25, -0.2) is 0 Å². The van der Waals surface area contributed by atoms with Crippen LogP contribution in [0.2, 0.25) is 0 Å². The van der Waals surface area contributed by atoms with Gasteiger partial charge in [0.15, 0.2) is 0 Å². The minimum atomic E-state index is -0.333. The molecule has 0 heterocycles. The molecule has 2 unspecified atom stereocenters. The first-order valence-corrected chi connectivity index (χ1v) is 12.7. The molecule has 0 aliphatic carbocycles. The van der Waals surface area contributed by atoms with E-state index in [0.717, 1.165) is 12.8 Å². The molecule has 0 bridgehead atoms. The highest BCUT2D eigenvalue weighted by molar-refractivity contribution is 6.07. The van der Waals surface area contributed by atoms with Gasteiger partial charge >= 0.3 is 0 Å². The Labute approximate surface area is 223 Å². The Bertz CT molecular complexity index is 1170. The van der Waals surface area contributed by atoms with Gasteiger partial charge in [-0.2, -0.15) is 0 Å². The van der Waals surface area contributed by atoms with Crippen molar-refractivity contribution in [2.24, 2.45) is 0 Å². The van der Waals surface area contributed by atoms with Crippen LogP contribution in [0.3, 0.4) is 0 Å². The molecule has 3 aromatic rings. The summed E-state index contributed by atoms with van der Waals surface area (Å²) < 4.78 is 0. The Hall–Kier alpha value is -4.46. The van der Waals surface area contributed by atoms with Crippen LogP contribution in [0.5, 0.6) is 0 Å². The van der Waals surface area contributed by atoms with Gasteiger partial charge < -0.3 is 21.3 Å². The van der Waals surface area contributed by atoms with Crippen LogP contribution < -0.4 is 21.3 Å². The topological polar surface area (TPSA) is 116 Å². The molecule has 0 saturated carbocycles. The molecule has 8 nitrogen and oxygen atoms in total. The summed E-state index contributed by atoms with van der Waals surface area (Å²) in [4.78, 5) is 49.7. The Morgan fingerprint density at radius 1 is 0.500 bits per heavy atom. The van der Waals surface area contributed by atoms with Gasteiger partial charge in [-0.15, -0.1) is 0 Å². The van der Waals surface area contributed by atoms with E-state index in [9.17, 15) is 19.2 Å². The molecule has 0 aliphatic heterocycles. The molecule has 0 saturated heterocycles. The molecule has 2 atom stereocenters. The molecule has 8 heteroatoms. The summed E-state index contributed by atoms with van der Waals surface area (Å²) >= 11 is 0. The van der Waals surface area contributed by atoms with Crippen molar-refractivity contribution >= 4 is 35.0 Å². The van der Waals surface area contributed by atoms with E-state index in [-0.39, 0.29) is 35.7 Å². The maximum Gasteiger partial charge on any atom is 0.255 e. The largest absolute Gasteiger partial charge is 0.350 e. The van der Waals surface area contributed by atoms with Crippen molar-refractivity contribution in [2.75, 3.05) is 10.6 Å². The van der Waals surface area contributed by atoms with Crippen LogP contribution in [0, 0.1) is 0 Å². The van der Waals surface area contributed by atoms with Crippen molar-refractivity contribution in [1.29, 1.82) is 0 Å². The summed E-state index contributed by atoms with van der Waals surface area (Å²) in [5.41, 5.74) is 2.91. The minimum Gasteiger partial charge on any atom is -0.350 e. The fraction of sp³-hybridized carbons (Fsp3) is 0.267. The first kappa shape index (κ1) is 28.1. The number of rotatable bonds is 10. The Balaban J connectivity index is 1.55. The number of carbonyl (C=O) groups is 4. The van der Waals surface area contributed by atoms with E-state index in [0.29, 0.717) is 33.6 Å². The zero-order valence-corrected chi connectivity index (χ0v) is 22.1. The number of hydrogen-bond acceptors (Lipinski definition) is 4. The van der Waals surface area contributed by atoms with Gasteiger partial charge in [-0.05, 0) is 99.5 Å². The molecule has 4 N–H and O–H groups in total. The molecule has 0 fully saturated rings. The molecular weight excluding hydrogens is 480 g/mol. The van der Waals surface area contributed by atoms with Crippen molar-refractivity contribution in [2.45, 2.75) is 52.6 Å². The number of hydrogen-bond donors (Lipinski definition) is 4. The van der Waals surface area contributed by atoms with Crippen molar-refractivity contribution in [3.8, 4) is 0 Å². The normalized spacial score (nSPS) is 12.1. The van der Waals surface area contributed by atoms with E-state index in [1.54, 1.807) is 72.8 Å². The van der Waals surface area contributed by atoms with Crippen LogP contribution >= 0.6 is 0 Å². The lowest BCUT2D eigenvalue weighted by Crippen LogP contribution is -2.31. The molecule has 38 heavy (non-hydrogen) atoms. The van der Waals surface area contributed by atoms with E-state index < -0.39 is 0 Å². The second-order valence-electron chi connectivity index (χ2n) is 9.21. The fourth-order valence-electron chi connectivity index (χ4n) is 3.41. The standard InChI is InChI=1S/C30H34N4O4/c1-5-19(3)31-27(35)23-11-15-25(16-12-23)33-29(37)21-7-9-22(10-8-21)30(38)34-26-17-13-24(14-18-26)28(36)32-20(4)6-2/h7-20H,5-6H2,1-4H3,(H,31,35)(H,32,36)(H,33,37)(H,34,38). The quantitative estimate of drug-likeness (QED) is 0.296. The summed E-state index contributed by atoms with van der Waals surface area (Å²) in [6, 6.07) is 19.8. The van der Waals surface area contributed by atoms with Gasteiger partial charge in [-0.3, -0.25) is 19.2 Å². The van der Waals surface area contributed by atoms with Crippen LogP contribution in [-0.4, -0.2) is 35.7 Å². The van der Waals surface area contributed by atoms with Crippen LogP contribution in [0.1, 0.15) is 82.0 Å². The molecule has 0 aromatic heterocycles. The Kier molecular flexibility index (Phi) is 9.76. The lowest BCUT2D eigenvalue weighted by Gasteiger charge is -2.12. The van der Waals surface area contributed by atoms with E-state index in [1.165, 1.54) is 0 Å². The van der Waals surface area contributed by atoms with E-state index in [1.807, 2.05) is 27.7 Å². The average molecular weight is 515 g/mol. The summed E-state index contributed by atoms with van der Waals surface area (Å²) in [6.07, 6.45) is 1.68. The summed E-state index contributed by atoms with van der Waals surface area (Å²) in [6.45, 7) is 7.88. The molecule has 0 radical (unpaired) electrons. The van der Waals surface area contributed by atoms with Gasteiger partial charge in [0, 0.05) is 45.7 Å². The molecule has 3 rings (SSSR count). The fourth-order valence-corrected chi connectivity index (χ4v) is 3.41. The highest BCUT2D eigenvalue weighted by atomic mass is 16.2. The van der Waals surface area contributed by atoms with E-state index in [2.05, 4.69) is 21.3 Å². The maximum absolute atomic E-state index is 12.6. The monoisotopic (exact) mass is 514 g/mol. The smallest absolute Gasteiger partial charge is 0.255 e. The van der Waals surface area contributed by atoms with Gasteiger partial charge in [0.1, 0.15) is 0 Å². The Morgan fingerprint density at radius 2 is 0.763 bits per heavy atom. The lowest BCUT2D eigenvalue weighted by atomic mass is 10.1. The zero-order valence-electron chi connectivity index (χ0n) is 22.1. The summed E-state index contributed by atoms with van der Waals surface area (Å²) in [5, 5.41) is 11.4. The lowest BCUT2D eigenvalue weighted by molar-refractivity contribution is 0.0930. The number of amides is 4. The summed E-state index contributed by atoms with van der Waals surface area (Å²) in [5.74, 6) is -0.983.